The van der Waals surface area contributed by atoms with Crippen molar-refractivity contribution in [2.75, 3.05) is 19.8 Å². The fraction of sp³-hybridized carbons (Fsp3) is 0.300. The van der Waals surface area contributed by atoms with Gasteiger partial charge in [0.1, 0.15) is 13.2 Å². The molecule has 1 N–H and O–H groups in total. The molecular formula is C20H19F2NO4. The Bertz CT molecular complexity index is 854. The molecule has 0 unspecified atom stereocenters. The van der Waals surface area contributed by atoms with E-state index in [0.717, 1.165) is 6.07 Å². The summed E-state index contributed by atoms with van der Waals surface area (Å²) in [5.74, 6) is -1.20. The van der Waals surface area contributed by atoms with E-state index in [0.29, 0.717) is 30.3 Å². The molecule has 5 nitrogen and oxygen atoms in total. The zero-order chi connectivity index (χ0) is 19.2. The van der Waals surface area contributed by atoms with Crippen molar-refractivity contribution in [3.63, 3.8) is 0 Å². The zero-order valence-electron chi connectivity index (χ0n) is 14.6. The van der Waals surface area contributed by atoms with Crippen LogP contribution in [-0.4, -0.2) is 31.4 Å². The maximum Gasteiger partial charge on any atom is 0.220 e. The molecule has 27 heavy (non-hydrogen) atoms. The second-order valence-corrected chi connectivity index (χ2v) is 6.09. The smallest absolute Gasteiger partial charge is 0.220 e. The number of hydrogen-bond acceptors (Lipinski definition) is 4. The van der Waals surface area contributed by atoms with Crippen LogP contribution in [0.25, 0.3) is 0 Å². The Balaban J connectivity index is 1.45. The minimum Gasteiger partial charge on any atom is -0.486 e. The van der Waals surface area contributed by atoms with Crippen LogP contribution in [0.15, 0.2) is 36.4 Å². The van der Waals surface area contributed by atoms with Gasteiger partial charge in [-0.1, -0.05) is 12.1 Å². The largest absolute Gasteiger partial charge is 0.486 e. The summed E-state index contributed by atoms with van der Waals surface area (Å²) in [4.78, 5) is 24.1. The first-order valence-corrected chi connectivity index (χ1v) is 8.67. The summed E-state index contributed by atoms with van der Waals surface area (Å²) in [6.07, 6.45) is 0.226. The number of hydrogen-bond donors (Lipinski definition) is 1. The predicted octanol–water partition coefficient (Wildman–Crippen LogP) is 3.06. The fourth-order valence-corrected chi connectivity index (χ4v) is 2.75. The molecule has 1 aliphatic rings. The molecule has 1 heterocycles. The van der Waals surface area contributed by atoms with Crippen molar-refractivity contribution in [2.45, 2.75) is 19.3 Å². The molecule has 0 aliphatic carbocycles. The average Bonchev–Trinajstić information content (AvgIpc) is 2.69. The quantitative estimate of drug-likeness (QED) is 0.756. The van der Waals surface area contributed by atoms with Gasteiger partial charge < -0.3 is 14.8 Å². The van der Waals surface area contributed by atoms with E-state index in [-0.39, 0.29) is 43.1 Å². The number of rotatable bonds is 7. The first-order valence-electron chi connectivity index (χ1n) is 8.67. The van der Waals surface area contributed by atoms with Gasteiger partial charge in [0.25, 0.3) is 0 Å². The number of halogens is 2. The highest BCUT2D eigenvalue weighted by Crippen LogP contribution is 2.31. The molecule has 0 atom stereocenters. The van der Waals surface area contributed by atoms with E-state index in [1.807, 2.05) is 0 Å². The standard InChI is InChI=1S/C20H19F2NO4/c21-15-3-1-2-13(20(15)22)8-9-23-19(25)7-5-16(24)14-4-6-17-18(12-14)27-11-10-26-17/h1-4,6,12H,5,7-11H2,(H,23,25). The van der Waals surface area contributed by atoms with E-state index >= 15 is 0 Å². The Morgan fingerprint density at radius 2 is 1.78 bits per heavy atom. The number of fused-ring (bicyclic) bond motifs is 1. The summed E-state index contributed by atoms with van der Waals surface area (Å²) >= 11 is 0. The molecule has 0 aromatic heterocycles. The van der Waals surface area contributed by atoms with Gasteiger partial charge >= 0.3 is 0 Å². The van der Waals surface area contributed by atoms with E-state index in [2.05, 4.69) is 5.32 Å². The molecule has 0 bridgehead atoms. The third kappa shape index (κ3) is 4.81. The van der Waals surface area contributed by atoms with Crippen molar-refractivity contribution in [1.82, 2.24) is 5.32 Å². The minimum atomic E-state index is -0.913. The summed E-state index contributed by atoms with van der Waals surface area (Å²) in [7, 11) is 0. The monoisotopic (exact) mass is 375 g/mol. The SMILES string of the molecule is O=C(CCC(=O)c1ccc2c(c1)OCCO2)NCCc1cccc(F)c1F. The second-order valence-electron chi connectivity index (χ2n) is 6.09. The molecule has 2 aromatic carbocycles. The third-order valence-electron chi connectivity index (χ3n) is 4.19. The molecule has 7 heteroatoms. The third-order valence-corrected chi connectivity index (χ3v) is 4.19. The minimum absolute atomic E-state index is 0.0128. The molecule has 2 aromatic rings. The van der Waals surface area contributed by atoms with Gasteiger partial charge in [-0.2, -0.15) is 0 Å². The zero-order valence-corrected chi connectivity index (χ0v) is 14.6. The summed E-state index contributed by atoms with van der Waals surface area (Å²) in [6.45, 7) is 1.07. The van der Waals surface area contributed by atoms with Crippen molar-refractivity contribution in [1.29, 1.82) is 0 Å². The van der Waals surface area contributed by atoms with Crippen LogP contribution in [-0.2, 0) is 11.2 Å². The Hall–Kier alpha value is -2.96. The predicted molar refractivity (Wildman–Crippen MR) is 94.1 cm³/mol. The second kappa shape index (κ2) is 8.62. The highest BCUT2D eigenvalue weighted by atomic mass is 19.2. The van der Waals surface area contributed by atoms with E-state index in [9.17, 15) is 18.4 Å². The lowest BCUT2D eigenvalue weighted by molar-refractivity contribution is -0.121. The van der Waals surface area contributed by atoms with Crippen molar-refractivity contribution in [3.8, 4) is 11.5 Å². The molecule has 3 rings (SSSR count). The highest BCUT2D eigenvalue weighted by molar-refractivity contribution is 5.98. The number of amides is 1. The lowest BCUT2D eigenvalue weighted by Crippen LogP contribution is -2.26. The van der Waals surface area contributed by atoms with Crippen LogP contribution in [0.1, 0.15) is 28.8 Å². The molecule has 0 saturated carbocycles. The Kier molecular flexibility index (Phi) is 6.01. The van der Waals surface area contributed by atoms with E-state index in [4.69, 9.17) is 9.47 Å². The first-order chi connectivity index (χ1) is 13.0. The summed E-state index contributed by atoms with van der Waals surface area (Å²) < 4.78 is 37.5. The Morgan fingerprint density at radius 3 is 2.59 bits per heavy atom. The van der Waals surface area contributed by atoms with Gasteiger partial charge in [0, 0.05) is 24.9 Å². The van der Waals surface area contributed by atoms with Gasteiger partial charge in [-0.25, -0.2) is 8.78 Å². The van der Waals surface area contributed by atoms with E-state index in [1.54, 1.807) is 18.2 Å². The van der Waals surface area contributed by atoms with Crippen LogP contribution in [0, 0.1) is 11.6 Å². The number of Topliss-reactive ketones (excluding diaryl/α,β-unsaturated/α-hetero) is 1. The molecule has 1 aliphatic heterocycles. The maximum absolute atomic E-state index is 13.5. The maximum atomic E-state index is 13.5. The number of benzene rings is 2. The normalized spacial score (nSPS) is 12.5. The van der Waals surface area contributed by atoms with Gasteiger partial charge in [0.05, 0.1) is 0 Å². The molecule has 142 valence electrons. The van der Waals surface area contributed by atoms with Crippen molar-refractivity contribution < 1.29 is 27.8 Å². The molecule has 0 saturated heterocycles. The summed E-state index contributed by atoms with van der Waals surface area (Å²) in [5, 5.41) is 2.61. The van der Waals surface area contributed by atoms with Gasteiger partial charge in [0.2, 0.25) is 5.91 Å². The first kappa shape index (κ1) is 18.8. The fourth-order valence-electron chi connectivity index (χ4n) is 2.75. The van der Waals surface area contributed by atoms with Crippen LogP contribution in [0.4, 0.5) is 8.78 Å². The van der Waals surface area contributed by atoms with E-state index < -0.39 is 11.6 Å². The van der Waals surface area contributed by atoms with Gasteiger partial charge in [0.15, 0.2) is 28.9 Å². The summed E-state index contributed by atoms with van der Waals surface area (Å²) in [5.41, 5.74) is 0.650. The Labute approximate surface area is 155 Å². The lowest BCUT2D eigenvalue weighted by atomic mass is 10.1. The molecule has 0 spiro atoms. The highest BCUT2D eigenvalue weighted by Gasteiger charge is 2.16. The van der Waals surface area contributed by atoms with Crippen LogP contribution in [0.5, 0.6) is 11.5 Å². The van der Waals surface area contributed by atoms with Crippen LogP contribution in [0.3, 0.4) is 0 Å². The molecule has 0 fully saturated rings. The Morgan fingerprint density at radius 1 is 1.00 bits per heavy atom. The van der Waals surface area contributed by atoms with Crippen molar-refractivity contribution >= 4 is 11.7 Å². The van der Waals surface area contributed by atoms with Crippen molar-refractivity contribution in [3.05, 3.63) is 59.2 Å². The van der Waals surface area contributed by atoms with E-state index in [1.165, 1.54) is 12.1 Å². The molecule has 0 radical (unpaired) electrons. The van der Waals surface area contributed by atoms with Gasteiger partial charge in [-0.3, -0.25) is 9.59 Å². The van der Waals surface area contributed by atoms with Crippen LogP contribution >= 0.6 is 0 Å². The molecular weight excluding hydrogens is 356 g/mol. The van der Waals surface area contributed by atoms with Crippen LogP contribution in [0.2, 0.25) is 0 Å². The summed E-state index contributed by atoms with van der Waals surface area (Å²) in [6, 6.07) is 8.86. The van der Waals surface area contributed by atoms with Gasteiger partial charge in [-0.15, -0.1) is 0 Å². The van der Waals surface area contributed by atoms with Gasteiger partial charge in [-0.05, 0) is 36.2 Å². The number of nitrogens with one attached hydrogen (secondary N) is 1. The average molecular weight is 375 g/mol. The molecule has 1 amide bonds. The van der Waals surface area contributed by atoms with Crippen molar-refractivity contribution in [2.24, 2.45) is 0 Å². The topological polar surface area (TPSA) is 64.6 Å². The number of ketones is 1. The van der Waals surface area contributed by atoms with Crippen LogP contribution < -0.4 is 14.8 Å². The lowest BCUT2D eigenvalue weighted by Gasteiger charge is -2.18. The number of carbonyl (C=O) groups is 2. The number of carbonyl (C=O) groups excluding carboxylic acids is 2. The number of ether oxygens (including phenoxy) is 2.